The van der Waals surface area contributed by atoms with E-state index in [4.69, 9.17) is 5.11 Å². The van der Waals surface area contributed by atoms with Crippen LogP contribution in [0, 0.1) is 5.92 Å². The lowest BCUT2D eigenvalue weighted by Crippen LogP contribution is -2.32. The lowest BCUT2D eigenvalue weighted by molar-refractivity contribution is -0.135. The number of carbonyl (C=O) groups excluding carboxylic acids is 1. The zero-order valence-electron chi connectivity index (χ0n) is 11.0. The number of aliphatic carboxylic acids is 1. The molecule has 0 spiro atoms. The predicted molar refractivity (Wildman–Crippen MR) is 71.1 cm³/mol. The normalized spacial score (nSPS) is 10.4. The molecule has 0 saturated carbocycles. The summed E-state index contributed by atoms with van der Waals surface area (Å²) in [5.41, 5.74) is 1.47. The topological polar surface area (TPSA) is 57.6 Å². The van der Waals surface area contributed by atoms with Crippen molar-refractivity contribution in [2.24, 2.45) is 5.92 Å². The quantitative estimate of drug-likeness (QED) is 0.787. The Labute approximate surface area is 107 Å². The van der Waals surface area contributed by atoms with Crippen molar-refractivity contribution in [3.8, 4) is 0 Å². The van der Waals surface area contributed by atoms with Crippen LogP contribution in [0.4, 0.5) is 5.69 Å². The Balaban J connectivity index is 2.90. The van der Waals surface area contributed by atoms with Crippen molar-refractivity contribution in [1.29, 1.82) is 0 Å². The van der Waals surface area contributed by atoms with Gasteiger partial charge in [-0.2, -0.15) is 0 Å². The van der Waals surface area contributed by atoms with Crippen molar-refractivity contribution in [2.75, 3.05) is 18.0 Å². The summed E-state index contributed by atoms with van der Waals surface area (Å²) in [5.74, 6) is -0.474. The summed E-state index contributed by atoms with van der Waals surface area (Å²) in [4.78, 5) is 23.8. The van der Waals surface area contributed by atoms with Crippen molar-refractivity contribution in [2.45, 2.75) is 20.8 Å². The molecule has 1 N–H and O–H groups in total. The van der Waals surface area contributed by atoms with E-state index in [-0.39, 0.29) is 12.3 Å². The minimum absolute atomic E-state index is 0.00944. The van der Waals surface area contributed by atoms with Gasteiger partial charge in [0, 0.05) is 17.8 Å². The number of ketones is 1. The summed E-state index contributed by atoms with van der Waals surface area (Å²) >= 11 is 0. The van der Waals surface area contributed by atoms with E-state index in [1.165, 1.54) is 6.92 Å². The molecule has 0 unspecified atom stereocenters. The molecule has 4 heteroatoms. The molecule has 0 heterocycles. The molecule has 0 aromatic heterocycles. The van der Waals surface area contributed by atoms with Gasteiger partial charge in [0.25, 0.3) is 0 Å². The molecular formula is C14H19NO3. The molecule has 0 radical (unpaired) electrons. The van der Waals surface area contributed by atoms with Crippen LogP contribution in [0.2, 0.25) is 0 Å². The highest BCUT2D eigenvalue weighted by molar-refractivity contribution is 5.94. The first kappa shape index (κ1) is 14.2. The Morgan fingerprint density at radius 3 is 2.17 bits per heavy atom. The fourth-order valence-electron chi connectivity index (χ4n) is 1.77. The number of anilines is 1. The summed E-state index contributed by atoms with van der Waals surface area (Å²) in [5, 5.41) is 8.91. The van der Waals surface area contributed by atoms with Crippen LogP contribution < -0.4 is 4.90 Å². The third kappa shape index (κ3) is 4.20. The first-order valence-corrected chi connectivity index (χ1v) is 5.98. The zero-order chi connectivity index (χ0) is 13.7. The molecule has 4 nitrogen and oxygen atoms in total. The second-order valence-corrected chi connectivity index (χ2v) is 4.77. The maximum Gasteiger partial charge on any atom is 0.323 e. The van der Waals surface area contributed by atoms with Crippen LogP contribution in [-0.2, 0) is 4.79 Å². The third-order valence-corrected chi connectivity index (χ3v) is 2.55. The molecule has 0 fully saturated rings. The zero-order valence-corrected chi connectivity index (χ0v) is 11.0. The summed E-state index contributed by atoms with van der Waals surface area (Å²) in [7, 11) is 0. The van der Waals surface area contributed by atoms with Crippen molar-refractivity contribution >= 4 is 17.4 Å². The SMILES string of the molecule is CC(=O)c1ccc(N(CC(=O)O)CC(C)C)cc1. The summed E-state index contributed by atoms with van der Waals surface area (Å²) < 4.78 is 0. The van der Waals surface area contributed by atoms with E-state index >= 15 is 0 Å². The van der Waals surface area contributed by atoms with Crippen molar-refractivity contribution in [3.63, 3.8) is 0 Å². The third-order valence-electron chi connectivity index (χ3n) is 2.55. The van der Waals surface area contributed by atoms with E-state index in [1.807, 2.05) is 13.8 Å². The molecule has 98 valence electrons. The van der Waals surface area contributed by atoms with Gasteiger partial charge in [-0.25, -0.2) is 0 Å². The minimum atomic E-state index is -0.855. The van der Waals surface area contributed by atoms with Gasteiger partial charge >= 0.3 is 5.97 Å². The smallest absolute Gasteiger partial charge is 0.323 e. The Morgan fingerprint density at radius 2 is 1.78 bits per heavy atom. The van der Waals surface area contributed by atoms with Gasteiger partial charge in [0.15, 0.2) is 5.78 Å². The van der Waals surface area contributed by atoms with Gasteiger partial charge < -0.3 is 10.0 Å². The summed E-state index contributed by atoms with van der Waals surface area (Å²) in [6.07, 6.45) is 0. The van der Waals surface area contributed by atoms with E-state index in [9.17, 15) is 9.59 Å². The number of hydrogen-bond donors (Lipinski definition) is 1. The fourth-order valence-corrected chi connectivity index (χ4v) is 1.77. The molecule has 0 bridgehead atoms. The first-order chi connectivity index (χ1) is 8.40. The van der Waals surface area contributed by atoms with Crippen molar-refractivity contribution in [1.82, 2.24) is 0 Å². The number of carbonyl (C=O) groups is 2. The Hall–Kier alpha value is -1.84. The number of benzene rings is 1. The highest BCUT2D eigenvalue weighted by Gasteiger charge is 2.12. The Morgan fingerprint density at radius 1 is 1.22 bits per heavy atom. The van der Waals surface area contributed by atoms with Gasteiger partial charge in [-0.1, -0.05) is 13.8 Å². The van der Waals surface area contributed by atoms with Crippen LogP contribution >= 0.6 is 0 Å². The van der Waals surface area contributed by atoms with Crippen LogP contribution in [-0.4, -0.2) is 29.9 Å². The molecule has 0 atom stereocenters. The van der Waals surface area contributed by atoms with E-state index in [0.717, 1.165) is 5.69 Å². The van der Waals surface area contributed by atoms with Gasteiger partial charge in [-0.05, 0) is 37.1 Å². The lowest BCUT2D eigenvalue weighted by atomic mass is 10.1. The van der Waals surface area contributed by atoms with E-state index in [2.05, 4.69) is 0 Å². The molecule has 0 amide bonds. The van der Waals surface area contributed by atoms with Gasteiger partial charge in [0.05, 0.1) is 0 Å². The van der Waals surface area contributed by atoms with Crippen LogP contribution in [0.15, 0.2) is 24.3 Å². The summed E-state index contributed by atoms with van der Waals surface area (Å²) in [6, 6.07) is 7.05. The minimum Gasteiger partial charge on any atom is -0.480 e. The Bertz CT molecular complexity index is 423. The van der Waals surface area contributed by atoms with Crippen molar-refractivity contribution < 1.29 is 14.7 Å². The lowest BCUT2D eigenvalue weighted by Gasteiger charge is -2.25. The van der Waals surface area contributed by atoms with Gasteiger partial charge in [-0.15, -0.1) is 0 Å². The number of nitrogens with zero attached hydrogens (tertiary/aromatic N) is 1. The number of Topliss-reactive ketones (excluding diaryl/α,β-unsaturated/α-hetero) is 1. The highest BCUT2D eigenvalue weighted by Crippen LogP contribution is 2.17. The van der Waals surface area contributed by atoms with E-state index in [0.29, 0.717) is 18.0 Å². The number of hydrogen-bond acceptors (Lipinski definition) is 3. The van der Waals surface area contributed by atoms with E-state index < -0.39 is 5.97 Å². The summed E-state index contributed by atoms with van der Waals surface area (Å²) in [6.45, 7) is 6.24. The molecule has 1 aromatic carbocycles. The average Bonchev–Trinajstić information content (AvgIpc) is 2.27. The van der Waals surface area contributed by atoms with Gasteiger partial charge in [0.1, 0.15) is 6.54 Å². The first-order valence-electron chi connectivity index (χ1n) is 5.98. The molecular weight excluding hydrogens is 230 g/mol. The van der Waals surface area contributed by atoms with Crippen LogP contribution in [0.3, 0.4) is 0 Å². The van der Waals surface area contributed by atoms with Gasteiger partial charge in [-0.3, -0.25) is 9.59 Å². The van der Waals surface area contributed by atoms with Crippen LogP contribution in [0.1, 0.15) is 31.1 Å². The fraction of sp³-hybridized carbons (Fsp3) is 0.429. The van der Waals surface area contributed by atoms with Crippen LogP contribution in [0.25, 0.3) is 0 Å². The molecule has 1 rings (SSSR count). The largest absolute Gasteiger partial charge is 0.480 e. The predicted octanol–water partition coefficient (Wildman–Crippen LogP) is 2.44. The highest BCUT2D eigenvalue weighted by atomic mass is 16.4. The maximum atomic E-state index is 11.2. The molecule has 18 heavy (non-hydrogen) atoms. The number of rotatable bonds is 6. The number of carboxylic acids is 1. The molecule has 0 aliphatic heterocycles. The monoisotopic (exact) mass is 249 g/mol. The Kier molecular flexibility index (Phi) is 4.89. The second-order valence-electron chi connectivity index (χ2n) is 4.77. The van der Waals surface area contributed by atoms with Gasteiger partial charge in [0.2, 0.25) is 0 Å². The number of carboxylic acid groups (broad SMARTS) is 1. The van der Waals surface area contributed by atoms with Crippen molar-refractivity contribution in [3.05, 3.63) is 29.8 Å². The van der Waals surface area contributed by atoms with Crippen LogP contribution in [0.5, 0.6) is 0 Å². The standard InChI is InChI=1S/C14H19NO3/c1-10(2)8-15(9-14(17)18)13-6-4-12(5-7-13)11(3)16/h4-7,10H,8-9H2,1-3H3,(H,17,18). The molecule has 0 aliphatic carbocycles. The molecule has 0 aliphatic rings. The molecule has 0 saturated heterocycles. The maximum absolute atomic E-state index is 11.2. The molecule has 1 aromatic rings. The van der Waals surface area contributed by atoms with E-state index in [1.54, 1.807) is 29.2 Å². The average molecular weight is 249 g/mol. The second kappa shape index (κ2) is 6.19.